The van der Waals surface area contributed by atoms with Crippen molar-refractivity contribution >= 4 is 34.4 Å². The molecule has 5 nitrogen and oxygen atoms in total. The van der Waals surface area contributed by atoms with Crippen LogP contribution in [0, 0.1) is 6.92 Å². The lowest BCUT2D eigenvalue weighted by Gasteiger charge is -2.21. The number of aromatic nitrogens is 1. The second kappa shape index (κ2) is 11.8. The minimum atomic E-state index is 0.0364. The second-order valence-electron chi connectivity index (χ2n) is 8.22. The van der Waals surface area contributed by atoms with Crippen LogP contribution >= 0.6 is 0 Å². The van der Waals surface area contributed by atoms with E-state index in [1.165, 1.54) is 39.2 Å². The van der Waals surface area contributed by atoms with E-state index >= 15 is 0 Å². The van der Waals surface area contributed by atoms with E-state index in [1.54, 1.807) is 12.2 Å². The topological polar surface area (TPSA) is 63.1 Å². The highest BCUT2D eigenvalue weighted by Crippen LogP contribution is 2.31. The molecule has 5 heteroatoms. The first-order valence-electron chi connectivity index (χ1n) is 11.8. The molecule has 2 aliphatic rings. The van der Waals surface area contributed by atoms with Crippen molar-refractivity contribution in [3.63, 3.8) is 0 Å². The Morgan fingerprint density at radius 2 is 1.80 bits per heavy atom. The maximum atomic E-state index is 11.6. The van der Waals surface area contributed by atoms with Crippen LogP contribution < -0.4 is 10.6 Å². The van der Waals surface area contributed by atoms with Gasteiger partial charge in [-0.05, 0) is 61.2 Å². The number of amides is 1. The summed E-state index contributed by atoms with van der Waals surface area (Å²) in [4.78, 5) is 21.0. The van der Waals surface area contributed by atoms with Gasteiger partial charge in [-0.1, -0.05) is 55.7 Å². The number of hydrogen-bond donors (Lipinski definition) is 2. The van der Waals surface area contributed by atoms with E-state index in [9.17, 15) is 9.59 Å². The Bertz CT molecular complexity index is 1310. The summed E-state index contributed by atoms with van der Waals surface area (Å²) >= 11 is 0. The summed E-state index contributed by atoms with van der Waals surface area (Å²) in [5.74, 6) is 0.0364. The van der Waals surface area contributed by atoms with Crippen molar-refractivity contribution in [2.24, 2.45) is 0 Å². The third kappa shape index (κ3) is 5.52. The Balaban J connectivity index is 0.000000161. The predicted octanol–water partition coefficient (Wildman–Crippen LogP) is 5.80. The molecule has 0 radical (unpaired) electrons. The van der Waals surface area contributed by atoms with E-state index < -0.39 is 0 Å². The van der Waals surface area contributed by atoms with Crippen LogP contribution in [0.2, 0.25) is 0 Å². The molecular formula is C30H33N3O2. The second-order valence-corrected chi connectivity index (χ2v) is 8.22. The molecule has 1 aromatic heterocycles. The normalized spacial score (nSPS) is 14.8. The molecule has 3 aromatic rings. The fraction of sp³-hybridized carbons (Fsp3) is 0.200. The summed E-state index contributed by atoms with van der Waals surface area (Å²) in [6.07, 6.45) is 9.52. The third-order valence-corrected chi connectivity index (χ3v) is 6.09. The molecule has 0 saturated carbocycles. The molecular weight excluding hydrogens is 434 g/mol. The van der Waals surface area contributed by atoms with Crippen LogP contribution in [-0.4, -0.2) is 23.3 Å². The summed E-state index contributed by atoms with van der Waals surface area (Å²) in [5, 5.41) is 7.56. The zero-order valence-corrected chi connectivity index (χ0v) is 20.7. The highest BCUT2D eigenvalue weighted by molar-refractivity contribution is 6.03. The number of allylic oxidation sites excluding steroid dienone is 4. The van der Waals surface area contributed by atoms with Crippen molar-refractivity contribution in [3.8, 4) is 0 Å². The van der Waals surface area contributed by atoms with E-state index in [0.717, 1.165) is 29.9 Å². The smallest absolute Gasteiger partial charge is 0.252 e. The van der Waals surface area contributed by atoms with Crippen molar-refractivity contribution in [3.05, 3.63) is 108 Å². The van der Waals surface area contributed by atoms with Gasteiger partial charge in [-0.2, -0.15) is 0 Å². The highest BCUT2D eigenvalue weighted by atomic mass is 16.1. The van der Waals surface area contributed by atoms with Gasteiger partial charge >= 0.3 is 0 Å². The summed E-state index contributed by atoms with van der Waals surface area (Å²) in [6, 6.07) is 12.3. The molecule has 0 atom stereocenters. The fourth-order valence-electron chi connectivity index (χ4n) is 4.40. The Morgan fingerprint density at radius 1 is 1.06 bits per heavy atom. The SMILES string of the molecule is C/C=C1/CNC(=O)c2cccc(C)c21.C=C/C=C/C=O.C=C1NCc2cn(CC)c3cccc1c23. The van der Waals surface area contributed by atoms with Gasteiger partial charge in [0.05, 0.1) is 0 Å². The first kappa shape index (κ1) is 25.5. The van der Waals surface area contributed by atoms with Crippen molar-refractivity contribution in [2.45, 2.75) is 33.9 Å². The number of fused-ring (bicyclic) bond motifs is 1. The first-order chi connectivity index (χ1) is 17.0. The number of carbonyl (C=O) groups is 2. The van der Waals surface area contributed by atoms with Crippen LogP contribution in [0.4, 0.5) is 0 Å². The lowest BCUT2D eigenvalue weighted by molar-refractivity contribution is -0.104. The first-order valence-corrected chi connectivity index (χ1v) is 11.8. The highest BCUT2D eigenvalue weighted by Gasteiger charge is 2.20. The van der Waals surface area contributed by atoms with Crippen LogP contribution in [0.15, 0.2) is 80.1 Å². The zero-order valence-electron chi connectivity index (χ0n) is 20.7. The molecule has 1 amide bonds. The molecule has 180 valence electrons. The number of hydrogen-bond acceptors (Lipinski definition) is 3. The van der Waals surface area contributed by atoms with E-state index in [1.807, 2.05) is 32.0 Å². The minimum Gasteiger partial charge on any atom is -0.381 e. The quantitative estimate of drug-likeness (QED) is 0.291. The van der Waals surface area contributed by atoms with Crippen molar-refractivity contribution in [1.29, 1.82) is 0 Å². The van der Waals surface area contributed by atoms with E-state index in [0.29, 0.717) is 12.8 Å². The number of nitrogens with zero attached hydrogens (tertiary/aromatic N) is 1. The number of nitrogens with one attached hydrogen (secondary N) is 2. The lowest BCUT2D eigenvalue weighted by atomic mass is 9.91. The molecule has 0 saturated heterocycles. The van der Waals surface area contributed by atoms with E-state index in [2.05, 4.69) is 65.8 Å². The molecule has 0 spiro atoms. The molecule has 0 bridgehead atoms. The summed E-state index contributed by atoms with van der Waals surface area (Å²) in [5.41, 5.74) is 9.29. The maximum absolute atomic E-state index is 11.6. The number of carbonyl (C=O) groups excluding carboxylic acids is 2. The summed E-state index contributed by atoms with van der Waals surface area (Å²) < 4.78 is 2.30. The van der Waals surface area contributed by atoms with Gasteiger partial charge in [-0.15, -0.1) is 0 Å². The van der Waals surface area contributed by atoms with E-state index in [-0.39, 0.29) is 5.91 Å². The average Bonchev–Trinajstić information content (AvgIpc) is 3.25. The Kier molecular flexibility index (Phi) is 8.63. The summed E-state index contributed by atoms with van der Waals surface area (Å²) in [6.45, 7) is 16.2. The van der Waals surface area contributed by atoms with Gasteiger partial charge in [0.1, 0.15) is 6.29 Å². The fourth-order valence-corrected chi connectivity index (χ4v) is 4.40. The maximum Gasteiger partial charge on any atom is 0.252 e. The van der Waals surface area contributed by atoms with Gasteiger partial charge in [0.15, 0.2) is 0 Å². The molecule has 5 rings (SSSR count). The van der Waals surface area contributed by atoms with Gasteiger partial charge in [-0.25, -0.2) is 0 Å². The van der Waals surface area contributed by atoms with Gasteiger partial charge < -0.3 is 15.2 Å². The van der Waals surface area contributed by atoms with Gasteiger partial charge in [0, 0.05) is 53.6 Å². The average molecular weight is 468 g/mol. The van der Waals surface area contributed by atoms with Crippen LogP contribution in [0.1, 0.15) is 46.5 Å². The Hall–Kier alpha value is -4.12. The standard InChI is InChI=1S/C13H14N2.C12H13NO.C5H6O/c1-3-15-8-10-7-14-9(2)11-5-4-6-12(15)13(10)11;1-3-9-7-13-12(14)10-6-4-5-8(2)11(9)10;1-2-3-4-5-6/h4-6,8,14H,2-3,7H2,1H3;3-6H,7H2,1-2H3,(H,13,14);2-5H,1H2/b;9-3-;4-3+. The molecule has 0 fully saturated rings. The molecule has 35 heavy (non-hydrogen) atoms. The van der Waals surface area contributed by atoms with E-state index in [4.69, 9.17) is 0 Å². The molecule has 0 unspecified atom stereocenters. The van der Waals surface area contributed by atoms with Crippen molar-refractivity contribution in [1.82, 2.24) is 15.2 Å². The molecule has 0 aliphatic carbocycles. The number of rotatable bonds is 3. The van der Waals surface area contributed by atoms with Gasteiger partial charge in [0.2, 0.25) is 0 Å². The lowest BCUT2D eigenvalue weighted by Crippen LogP contribution is -2.31. The van der Waals surface area contributed by atoms with Crippen LogP contribution in [0.5, 0.6) is 0 Å². The number of aldehydes is 1. The molecule has 2 aliphatic heterocycles. The Morgan fingerprint density at radius 3 is 2.46 bits per heavy atom. The monoisotopic (exact) mass is 467 g/mol. The largest absolute Gasteiger partial charge is 0.381 e. The van der Waals surface area contributed by atoms with Crippen LogP contribution in [-0.2, 0) is 17.9 Å². The molecule has 2 N–H and O–H groups in total. The number of benzene rings is 2. The number of aryl methyl sites for hydroxylation is 2. The van der Waals surface area contributed by atoms with Gasteiger partial charge in [-0.3, -0.25) is 9.59 Å². The summed E-state index contributed by atoms with van der Waals surface area (Å²) in [7, 11) is 0. The zero-order chi connectivity index (χ0) is 25.4. The van der Waals surface area contributed by atoms with Crippen LogP contribution in [0.25, 0.3) is 22.2 Å². The molecule has 2 aromatic carbocycles. The van der Waals surface area contributed by atoms with Crippen LogP contribution in [0.3, 0.4) is 0 Å². The third-order valence-electron chi connectivity index (χ3n) is 6.09. The Labute approximate surface area is 207 Å². The minimum absolute atomic E-state index is 0.0364. The predicted molar refractivity (Wildman–Crippen MR) is 146 cm³/mol. The van der Waals surface area contributed by atoms with Crippen molar-refractivity contribution in [2.75, 3.05) is 6.54 Å². The molecule has 3 heterocycles. The van der Waals surface area contributed by atoms with Crippen molar-refractivity contribution < 1.29 is 9.59 Å². The van der Waals surface area contributed by atoms with Gasteiger partial charge in [0.25, 0.3) is 5.91 Å².